The van der Waals surface area contributed by atoms with Crippen LogP contribution in [0.15, 0.2) is 84.0 Å². The molecule has 7 heteroatoms. The third-order valence-corrected chi connectivity index (χ3v) is 6.62. The molecule has 0 unspecified atom stereocenters. The topological polar surface area (TPSA) is 70.0 Å². The van der Waals surface area contributed by atoms with Gasteiger partial charge < -0.3 is 13.8 Å². The molecule has 1 aromatic heterocycles. The van der Waals surface area contributed by atoms with E-state index >= 15 is 0 Å². The molecule has 0 saturated heterocycles. The van der Waals surface area contributed by atoms with Crippen molar-refractivity contribution in [3.8, 4) is 0 Å². The zero-order valence-corrected chi connectivity index (χ0v) is 20.1. The van der Waals surface area contributed by atoms with Crippen molar-refractivity contribution in [2.45, 2.75) is 26.7 Å². The van der Waals surface area contributed by atoms with Gasteiger partial charge in [0.05, 0.1) is 18.9 Å². The number of pyridine rings is 1. The number of nitrogens with zero attached hydrogens (tertiary/aromatic N) is 2. The molecule has 3 aromatic rings. The summed E-state index contributed by atoms with van der Waals surface area (Å²) in [5.74, 6) is 0.689. The van der Waals surface area contributed by atoms with Crippen LogP contribution in [0.1, 0.15) is 37.0 Å². The molecule has 1 heterocycles. The van der Waals surface area contributed by atoms with Gasteiger partial charge in [-0.05, 0) is 38.3 Å². The van der Waals surface area contributed by atoms with E-state index in [0.29, 0.717) is 25.6 Å². The summed E-state index contributed by atoms with van der Waals surface area (Å²) in [4.78, 5) is 9.51. The van der Waals surface area contributed by atoms with Crippen LogP contribution in [0.4, 0.5) is 5.82 Å². The van der Waals surface area contributed by atoms with Crippen molar-refractivity contribution in [3.63, 3.8) is 0 Å². The zero-order valence-electron chi connectivity index (χ0n) is 19.2. The fourth-order valence-electron chi connectivity index (χ4n) is 3.37. The number of benzene rings is 2. The Balaban J connectivity index is 1.71. The third kappa shape index (κ3) is 7.72. The molecule has 0 radical (unpaired) electrons. The molecule has 0 aliphatic carbocycles. The molecular formula is C26H31N2O4P. The summed E-state index contributed by atoms with van der Waals surface area (Å²) in [6, 6.07) is 24.2. The van der Waals surface area contributed by atoms with Gasteiger partial charge in [-0.2, -0.15) is 0 Å². The predicted molar refractivity (Wildman–Crippen MR) is 132 cm³/mol. The molecular weight excluding hydrogens is 435 g/mol. The Morgan fingerprint density at radius 1 is 0.879 bits per heavy atom. The van der Waals surface area contributed by atoms with Crippen LogP contribution >= 0.6 is 7.60 Å². The van der Waals surface area contributed by atoms with Gasteiger partial charge in [-0.25, -0.2) is 9.98 Å². The minimum atomic E-state index is -3.18. The molecule has 6 nitrogen and oxygen atoms in total. The Kier molecular flexibility index (Phi) is 9.98. The Labute approximate surface area is 196 Å². The van der Waals surface area contributed by atoms with Crippen molar-refractivity contribution >= 4 is 19.1 Å². The standard InChI is InChI=1S/C26H31N2O4P/c1-3-31-33(29,32-4-2)21-30-20-12-18-24-17-11-19-27-26(24)28-25(22-13-7-5-8-14-22)23-15-9-6-10-16-23/h5-11,13-17,19H,3-4,12,18,20-21H2,1-2H3. The first-order valence-electron chi connectivity index (χ1n) is 11.2. The maximum absolute atomic E-state index is 12.5. The van der Waals surface area contributed by atoms with E-state index in [9.17, 15) is 4.57 Å². The Morgan fingerprint density at radius 3 is 2.06 bits per heavy atom. The number of rotatable bonds is 13. The van der Waals surface area contributed by atoms with E-state index in [0.717, 1.165) is 35.2 Å². The molecule has 33 heavy (non-hydrogen) atoms. The molecule has 3 rings (SSSR count). The Morgan fingerprint density at radius 2 is 1.48 bits per heavy atom. The van der Waals surface area contributed by atoms with Crippen LogP contribution in [0.2, 0.25) is 0 Å². The van der Waals surface area contributed by atoms with Crippen molar-refractivity contribution in [1.82, 2.24) is 4.98 Å². The molecule has 174 valence electrons. The van der Waals surface area contributed by atoms with Crippen LogP contribution in [0.5, 0.6) is 0 Å². The molecule has 0 fully saturated rings. The molecule has 0 saturated carbocycles. The molecule has 0 bridgehead atoms. The number of ether oxygens (including phenoxy) is 1. The van der Waals surface area contributed by atoms with Gasteiger partial charge in [0, 0.05) is 23.9 Å². The average molecular weight is 467 g/mol. The highest BCUT2D eigenvalue weighted by atomic mass is 31.2. The number of hydrogen-bond acceptors (Lipinski definition) is 6. The van der Waals surface area contributed by atoms with Crippen LogP contribution in [-0.2, 0) is 24.8 Å². The SMILES string of the molecule is CCOP(=O)(COCCCc1cccnc1N=C(c1ccccc1)c1ccccc1)OCC. The number of aromatic nitrogens is 1. The maximum atomic E-state index is 12.5. The maximum Gasteiger partial charge on any atom is 0.356 e. The highest BCUT2D eigenvalue weighted by Crippen LogP contribution is 2.47. The van der Waals surface area contributed by atoms with E-state index in [2.05, 4.69) is 29.2 Å². The Hall–Kier alpha value is -2.63. The third-order valence-electron chi connectivity index (χ3n) is 4.82. The van der Waals surface area contributed by atoms with E-state index in [4.69, 9.17) is 18.8 Å². The first-order valence-corrected chi connectivity index (χ1v) is 13.0. The van der Waals surface area contributed by atoms with Gasteiger partial charge in [0.25, 0.3) is 0 Å². The molecule has 0 N–H and O–H groups in total. The highest BCUT2D eigenvalue weighted by Gasteiger charge is 2.23. The van der Waals surface area contributed by atoms with E-state index < -0.39 is 7.60 Å². The number of aliphatic imine (C=N–C) groups is 1. The second-order valence-electron chi connectivity index (χ2n) is 7.27. The summed E-state index contributed by atoms with van der Waals surface area (Å²) in [6.07, 6.45) is 3.18. The minimum Gasteiger partial charge on any atom is -0.369 e. The summed E-state index contributed by atoms with van der Waals surface area (Å²) in [5, 5.41) is 0. The van der Waals surface area contributed by atoms with E-state index in [1.807, 2.05) is 48.5 Å². The van der Waals surface area contributed by atoms with E-state index in [-0.39, 0.29) is 6.35 Å². The molecule has 0 aliphatic heterocycles. The first kappa shape index (κ1) is 25.0. The number of hydrogen-bond donors (Lipinski definition) is 0. The van der Waals surface area contributed by atoms with Crippen molar-refractivity contribution < 1.29 is 18.3 Å². The lowest BCUT2D eigenvalue weighted by Crippen LogP contribution is -2.06. The lowest BCUT2D eigenvalue weighted by molar-refractivity contribution is 0.131. The van der Waals surface area contributed by atoms with Gasteiger partial charge in [-0.1, -0.05) is 66.7 Å². The van der Waals surface area contributed by atoms with Crippen LogP contribution in [0, 0.1) is 0 Å². The summed E-state index contributed by atoms with van der Waals surface area (Å²) >= 11 is 0. The van der Waals surface area contributed by atoms with Crippen LogP contribution in [-0.4, -0.2) is 36.9 Å². The largest absolute Gasteiger partial charge is 0.369 e. The van der Waals surface area contributed by atoms with Crippen molar-refractivity contribution in [2.24, 2.45) is 4.99 Å². The molecule has 0 spiro atoms. The van der Waals surface area contributed by atoms with Crippen molar-refractivity contribution in [2.75, 3.05) is 26.2 Å². The van der Waals surface area contributed by atoms with E-state index in [1.54, 1.807) is 20.0 Å². The van der Waals surface area contributed by atoms with Gasteiger partial charge in [0.15, 0.2) is 5.82 Å². The lowest BCUT2D eigenvalue weighted by atomic mass is 10.0. The van der Waals surface area contributed by atoms with Gasteiger partial charge in [-0.15, -0.1) is 0 Å². The van der Waals surface area contributed by atoms with Gasteiger partial charge in [0.1, 0.15) is 6.35 Å². The monoisotopic (exact) mass is 466 g/mol. The average Bonchev–Trinajstić information content (AvgIpc) is 2.84. The molecule has 0 aliphatic rings. The normalized spacial score (nSPS) is 11.3. The molecule has 0 amide bonds. The summed E-state index contributed by atoms with van der Waals surface area (Å²) in [6.45, 7) is 4.66. The molecule has 2 aromatic carbocycles. The summed E-state index contributed by atoms with van der Waals surface area (Å²) in [7, 11) is -3.18. The smallest absolute Gasteiger partial charge is 0.356 e. The predicted octanol–water partition coefficient (Wildman–Crippen LogP) is 6.42. The van der Waals surface area contributed by atoms with Crippen molar-refractivity contribution in [1.29, 1.82) is 0 Å². The lowest BCUT2D eigenvalue weighted by Gasteiger charge is -2.16. The van der Waals surface area contributed by atoms with Crippen LogP contribution in [0.25, 0.3) is 0 Å². The van der Waals surface area contributed by atoms with Crippen LogP contribution in [0.3, 0.4) is 0 Å². The summed E-state index contributed by atoms with van der Waals surface area (Å²) in [5.41, 5.74) is 3.97. The fraction of sp³-hybridized carbons (Fsp3) is 0.308. The molecule has 0 atom stereocenters. The van der Waals surface area contributed by atoms with Gasteiger partial charge in [0.2, 0.25) is 0 Å². The zero-order chi connectivity index (χ0) is 23.4. The van der Waals surface area contributed by atoms with Crippen molar-refractivity contribution in [3.05, 3.63) is 95.7 Å². The van der Waals surface area contributed by atoms with Crippen LogP contribution < -0.4 is 0 Å². The van der Waals surface area contributed by atoms with Gasteiger partial charge in [-0.3, -0.25) is 4.57 Å². The Bertz CT molecular complexity index is 1010. The summed E-state index contributed by atoms with van der Waals surface area (Å²) < 4.78 is 28.6. The number of aryl methyl sites for hydroxylation is 1. The fourth-order valence-corrected chi connectivity index (χ4v) is 4.73. The first-order chi connectivity index (χ1) is 16.1. The van der Waals surface area contributed by atoms with E-state index in [1.165, 1.54) is 0 Å². The minimum absolute atomic E-state index is 0.0428. The quantitative estimate of drug-likeness (QED) is 0.165. The second kappa shape index (κ2) is 13.2. The second-order valence-corrected chi connectivity index (χ2v) is 9.26. The highest BCUT2D eigenvalue weighted by molar-refractivity contribution is 7.53. The van der Waals surface area contributed by atoms with Gasteiger partial charge >= 0.3 is 7.60 Å².